The lowest BCUT2D eigenvalue weighted by Crippen LogP contribution is -2.44. The van der Waals surface area contributed by atoms with Gasteiger partial charge in [0.15, 0.2) is 0 Å². The summed E-state index contributed by atoms with van der Waals surface area (Å²) < 4.78 is 13.3. The summed E-state index contributed by atoms with van der Waals surface area (Å²) in [6, 6.07) is 10.6. The Morgan fingerprint density at radius 2 is 1.63 bits per heavy atom. The van der Waals surface area contributed by atoms with Crippen molar-refractivity contribution < 1.29 is 18.8 Å². The van der Waals surface area contributed by atoms with Gasteiger partial charge >= 0.3 is 6.03 Å². The average Bonchev–Trinajstić information content (AvgIpc) is 2.99. The summed E-state index contributed by atoms with van der Waals surface area (Å²) in [7, 11) is 0. The summed E-state index contributed by atoms with van der Waals surface area (Å²) in [6.45, 7) is 5.37. The van der Waals surface area contributed by atoms with Crippen LogP contribution >= 0.6 is 0 Å². The highest BCUT2D eigenvalue weighted by Gasteiger charge is 2.51. The van der Waals surface area contributed by atoms with Gasteiger partial charge in [-0.15, -0.1) is 0 Å². The summed E-state index contributed by atoms with van der Waals surface area (Å²) in [5, 5.41) is 5.58. The molecule has 1 aliphatic rings. The average molecular weight is 411 g/mol. The molecule has 6 nitrogen and oxygen atoms in total. The largest absolute Gasteiger partial charge is 0.325 e. The maximum Gasteiger partial charge on any atom is 0.325 e. The van der Waals surface area contributed by atoms with Gasteiger partial charge in [-0.25, -0.2) is 9.18 Å². The normalized spacial score (nSPS) is 18.5. The summed E-state index contributed by atoms with van der Waals surface area (Å²) >= 11 is 0. The van der Waals surface area contributed by atoms with Crippen molar-refractivity contribution >= 4 is 23.5 Å². The molecule has 0 aliphatic carbocycles. The Labute approximate surface area is 175 Å². The van der Waals surface area contributed by atoms with Crippen LogP contribution in [0, 0.1) is 5.82 Å². The number of amides is 4. The standard InChI is InChI=1S/C23H26FN3O3/c1-4-15-8-7-9-16(5-2)20(15)25-19(28)14-27-21(29)23(6-3,26-22(27)30)17-10-12-18(24)13-11-17/h7-13H,4-6,14H2,1-3H3,(H,25,28)(H,26,30)/t23-/m0/s1. The van der Waals surface area contributed by atoms with Crippen LogP contribution in [0.4, 0.5) is 14.9 Å². The second-order valence-electron chi connectivity index (χ2n) is 7.29. The minimum Gasteiger partial charge on any atom is -0.324 e. The Morgan fingerprint density at radius 1 is 1.03 bits per heavy atom. The first-order valence-electron chi connectivity index (χ1n) is 10.2. The number of hydrogen-bond acceptors (Lipinski definition) is 3. The molecule has 0 radical (unpaired) electrons. The third-order valence-electron chi connectivity index (χ3n) is 5.61. The van der Waals surface area contributed by atoms with Gasteiger partial charge in [0.2, 0.25) is 5.91 Å². The topological polar surface area (TPSA) is 78.5 Å². The molecule has 2 N–H and O–H groups in total. The highest BCUT2D eigenvalue weighted by molar-refractivity contribution is 6.10. The summed E-state index contributed by atoms with van der Waals surface area (Å²) in [6.07, 6.45) is 1.77. The molecular formula is C23H26FN3O3. The van der Waals surface area contributed by atoms with Crippen LogP contribution in [0.3, 0.4) is 0 Å². The zero-order valence-electron chi connectivity index (χ0n) is 17.4. The van der Waals surface area contributed by atoms with Gasteiger partial charge in [0.25, 0.3) is 5.91 Å². The van der Waals surface area contributed by atoms with Crippen molar-refractivity contribution in [3.63, 3.8) is 0 Å². The maximum atomic E-state index is 13.3. The third-order valence-corrected chi connectivity index (χ3v) is 5.61. The first kappa shape index (κ1) is 21.5. The van der Waals surface area contributed by atoms with E-state index in [2.05, 4.69) is 10.6 Å². The van der Waals surface area contributed by atoms with Gasteiger partial charge in [-0.2, -0.15) is 0 Å². The van der Waals surface area contributed by atoms with E-state index in [9.17, 15) is 18.8 Å². The van der Waals surface area contributed by atoms with Gasteiger partial charge < -0.3 is 10.6 Å². The number of halogens is 1. The van der Waals surface area contributed by atoms with Crippen molar-refractivity contribution in [2.45, 2.75) is 45.6 Å². The van der Waals surface area contributed by atoms with Gasteiger partial charge in [-0.3, -0.25) is 14.5 Å². The molecule has 1 atom stereocenters. The Morgan fingerprint density at radius 3 is 2.17 bits per heavy atom. The predicted octanol–water partition coefficient (Wildman–Crippen LogP) is 3.75. The van der Waals surface area contributed by atoms with Crippen molar-refractivity contribution in [1.82, 2.24) is 10.2 Å². The summed E-state index contributed by atoms with van der Waals surface area (Å²) in [4.78, 5) is 39.4. The van der Waals surface area contributed by atoms with Crippen LogP contribution in [0.5, 0.6) is 0 Å². The highest BCUT2D eigenvalue weighted by atomic mass is 19.1. The fourth-order valence-corrected chi connectivity index (χ4v) is 3.87. The molecule has 158 valence electrons. The van der Waals surface area contributed by atoms with Crippen LogP contribution in [0.15, 0.2) is 42.5 Å². The second kappa shape index (κ2) is 8.65. The van der Waals surface area contributed by atoms with E-state index in [1.165, 1.54) is 24.3 Å². The molecule has 0 unspecified atom stereocenters. The number of urea groups is 1. The van der Waals surface area contributed by atoms with E-state index in [-0.39, 0.29) is 6.42 Å². The van der Waals surface area contributed by atoms with Crippen LogP contribution in [-0.4, -0.2) is 29.3 Å². The number of aryl methyl sites for hydroxylation is 2. The fourth-order valence-electron chi connectivity index (χ4n) is 3.87. The van der Waals surface area contributed by atoms with E-state index in [4.69, 9.17) is 0 Å². The summed E-state index contributed by atoms with van der Waals surface area (Å²) in [5.74, 6) is -1.39. The van der Waals surface area contributed by atoms with Crippen molar-refractivity contribution in [1.29, 1.82) is 0 Å². The molecular weight excluding hydrogens is 385 g/mol. The Hall–Kier alpha value is -3.22. The van der Waals surface area contributed by atoms with E-state index in [1.807, 2.05) is 32.0 Å². The molecule has 2 aromatic rings. The second-order valence-corrected chi connectivity index (χ2v) is 7.29. The van der Waals surface area contributed by atoms with E-state index >= 15 is 0 Å². The zero-order valence-corrected chi connectivity index (χ0v) is 17.4. The van der Waals surface area contributed by atoms with Gasteiger partial charge in [-0.05, 0) is 48.1 Å². The lowest BCUT2D eigenvalue weighted by molar-refractivity contribution is -0.134. The van der Waals surface area contributed by atoms with E-state index in [1.54, 1.807) is 6.92 Å². The first-order chi connectivity index (χ1) is 14.4. The predicted molar refractivity (Wildman–Crippen MR) is 112 cm³/mol. The molecule has 1 saturated heterocycles. The van der Waals surface area contributed by atoms with E-state index in [0.717, 1.165) is 34.6 Å². The molecule has 0 bridgehead atoms. The number of nitrogens with one attached hydrogen (secondary N) is 2. The van der Waals surface area contributed by atoms with Crippen LogP contribution < -0.4 is 10.6 Å². The monoisotopic (exact) mass is 411 g/mol. The molecule has 7 heteroatoms. The van der Waals surface area contributed by atoms with Gasteiger partial charge in [0.1, 0.15) is 17.9 Å². The van der Waals surface area contributed by atoms with Crippen molar-refractivity contribution in [3.05, 3.63) is 65.0 Å². The number of nitrogens with zero attached hydrogens (tertiary/aromatic N) is 1. The van der Waals surface area contributed by atoms with Crippen molar-refractivity contribution in [2.24, 2.45) is 0 Å². The molecule has 2 aromatic carbocycles. The SMILES string of the molecule is CCc1cccc(CC)c1NC(=O)CN1C(=O)N[C@@](CC)(c2ccc(F)cc2)C1=O. The number of anilines is 1. The Kier molecular flexibility index (Phi) is 6.20. The van der Waals surface area contributed by atoms with Crippen LogP contribution in [0.25, 0.3) is 0 Å². The van der Waals surface area contributed by atoms with Gasteiger partial charge in [0.05, 0.1) is 0 Å². The number of carbonyl (C=O) groups is 3. The Bertz CT molecular complexity index is 952. The molecule has 1 heterocycles. The van der Waals surface area contributed by atoms with Crippen LogP contribution in [0.1, 0.15) is 43.9 Å². The number of benzene rings is 2. The van der Waals surface area contributed by atoms with Gasteiger partial charge in [0, 0.05) is 5.69 Å². The van der Waals surface area contributed by atoms with E-state index in [0.29, 0.717) is 5.56 Å². The quantitative estimate of drug-likeness (QED) is 0.681. The minimum absolute atomic E-state index is 0.278. The summed E-state index contributed by atoms with van der Waals surface area (Å²) in [5.41, 5.74) is 1.90. The number of imide groups is 1. The molecule has 0 aromatic heterocycles. The van der Waals surface area contributed by atoms with Crippen LogP contribution in [-0.2, 0) is 28.0 Å². The van der Waals surface area contributed by atoms with Gasteiger partial charge in [-0.1, -0.05) is 51.1 Å². The molecule has 1 fully saturated rings. The fraction of sp³-hybridized carbons (Fsp3) is 0.348. The van der Waals surface area contributed by atoms with Crippen molar-refractivity contribution in [2.75, 3.05) is 11.9 Å². The maximum absolute atomic E-state index is 13.3. The minimum atomic E-state index is -1.30. The number of carbonyl (C=O) groups excluding carboxylic acids is 3. The molecule has 0 spiro atoms. The van der Waals surface area contributed by atoms with Crippen molar-refractivity contribution in [3.8, 4) is 0 Å². The molecule has 0 saturated carbocycles. The highest BCUT2D eigenvalue weighted by Crippen LogP contribution is 2.32. The first-order valence-corrected chi connectivity index (χ1v) is 10.2. The Balaban J connectivity index is 1.82. The number of hydrogen-bond donors (Lipinski definition) is 2. The number of para-hydroxylation sites is 1. The number of rotatable bonds is 7. The smallest absolute Gasteiger partial charge is 0.324 e. The van der Waals surface area contributed by atoms with Crippen LogP contribution in [0.2, 0.25) is 0 Å². The molecule has 3 rings (SSSR count). The van der Waals surface area contributed by atoms with E-state index < -0.39 is 35.7 Å². The lowest BCUT2D eigenvalue weighted by atomic mass is 9.87. The zero-order chi connectivity index (χ0) is 21.9. The lowest BCUT2D eigenvalue weighted by Gasteiger charge is -2.25. The molecule has 1 aliphatic heterocycles. The molecule has 4 amide bonds. The molecule has 30 heavy (non-hydrogen) atoms. The third kappa shape index (κ3) is 3.79.